The fraction of sp³-hybridized carbons (Fsp3) is 0.188. The van der Waals surface area contributed by atoms with Crippen LogP contribution in [0.15, 0.2) is 36.7 Å². The van der Waals surface area contributed by atoms with Gasteiger partial charge in [0.2, 0.25) is 0 Å². The lowest BCUT2D eigenvalue weighted by atomic mass is 9.98. The van der Waals surface area contributed by atoms with Crippen molar-refractivity contribution in [2.24, 2.45) is 0 Å². The summed E-state index contributed by atoms with van der Waals surface area (Å²) in [5.41, 5.74) is 6.58. The highest BCUT2D eigenvalue weighted by Crippen LogP contribution is 2.30. The molecule has 3 nitrogen and oxygen atoms in total. The Kier molecular flexibility index (Phi) is 2.75. The Morgan fingerprint density at radius 2 is 1.79 bits per heavy atom. The summed E-state index contributed by atoms with van der Waals surface area (Å²) >= 11 is 0. The molecule has 0 aliphatic heterocycles. The van der Waals surface area contributed by atoms with Crippen LogP contribution < -0.4 is 0 Å². The van der Waals surface area contributed by atoms with E-state index in [2.05, 4.69) is 54.2 Å². The highest BCUT2D eigenvalue weighted by molar-refractivity contribution is 5.95. The van der Waals surface area contributed by atoms with Crippen molar-refractivity contribution in [1.29, 1.82) is 0 Å². The van der Waals surface area contributed by atoms with Crippen molar-refractivity contribution < 1.29 is 0 Å². The normalized spacial score (nSPS) is 10.9. The molecule has 94 valence electrons. The van der Waals surface area contributed by atoms with Crippen LogP contribution in [0.25, 0.3) is 22.2 Å². The zero-order valence-electron chi connectivity index (χ0n) is 11.3. The van der Waals surface area contributed by atoms with E-state index in [1.807, 2.05) is 12.3 Å². The van der Waals surface area contributed by atoms with Crippen LogP contribution in [0.4, 0.5) is 0 Å². The molecule has 0 saturated heterocycles. The molecule has 3 rings (SSSR count). The van der Waals surface area contributed by atoms with Crippen LogP contribution in [0.5, 0.6) is 0 Å². The van der Waals surface area contributed by atoms with Crippen LogP contribution in [-0.2, 0) is 0 Å². The molecule has 1 aromatic carbocycles. The summed E-state index contributed by atoms with van der Waals surface area (Å²) in [5.74, 6) is 0. The van der Waals surface area contributed by atoms with Gasteiger partial charge in [-0.25, -0.2) is 0 Å². The highest BCUT2D eigenvalue weighted by atomic mass is 15.1. The maximum atomic E-state index is 4.47. The Hall–Kier alpha value is -2.29. The van der Waals surface area contributed by atoms with Gasteiger partial charge in [0.15, 0.2) is 0 Å². The smallest absolute Gasteiger partial charge is 0.0968 e. The summed E-state index contributed by atoms with van der Waals surface area (Å²) < 4.78 is 0. The number of rotatable bonds is 1. The molecular weight excluding hydrogens is 234 g/mol. The Bertz CT molecular complexity index is 763. The van der Waals surface area contributed by atoms with E-state index in [0.29, 0.717) is 0 Å². The molecule has 0 spiro atoms. The monoisotopic (exact) mass is 249 g/mol. The molecule has 2 heterocycles. The van der Waals surface area contributed by atoms with Gasteiger partial charge in [-0.1, -0.05) is 18.2 Å². The first kappa shape index (κ1) is 11.8. The Morgan fingerprint density at radius 3 is 2.63 bits per heavy atom. The lowest BCUT2D eigenvalue weighted by molar-refractivity contribution is 1.00. The Morgan fingerprint density at radius 1 is 0.947 bits per heavy atom. The molecule has 3 heteroatoms. The fourth-order valence-electron chi connectivity index (χ4n) is 2.31. The van der Waals surface area contributed by atoms with Crippen LogP contribution in [0.2, 0.25) is 0 Å². The molecule has 0 saturated carbocycles. The van der Waals surface area contributed by atoms with Gasteiger partial charge >= 0.3 is 0 Å². The number of hydrogen-bond acceptors (Lipinski definition) is 3. The van der Waals surface area contributed by atoms with Gasteiger partial charge in [0.05, 0.1) is 17.4 Å². The van der Waals surface area contributed by atoms with E-state index in [0.717, 1.165) is 27.7 Å². The lowest BCUT2D eigenvalue weighted by Gasteiger charge is -2.10. The van der Waals surface area contributed by atoms with Gasteiger partial charge in [-0.05, 0) is 43.5 Å². The van der Waals surface area contributed by atoms with Gasteiger partial charge in [-0.15, -0.1) is 0 Å². The highest BCUT2D eigenvalue weighted by Gasteiger charge is 2.11. The predicted octanol–water partition coefficient (Wildman–Crippen LogP) is 3.62. The Balaban J connectivity index is 2.38. The average molecular weight is 249 g/mol. The average Bonchev–Trinajstić information content (AvgIpc) is 2.43. The van der Waals surface area contributed by atoms with Crippen molar-refractivity contribution in [1.82, 2.24) is 15.2 Å². The summed E-state index contributed by atoms with van der Waals surface area (Å²) in [6, 6.07) is 8.25. The van der Waals surface area contributed by atoms with Crippen molar-refractivity contribution in [3.05, 3.63) is 53.3 Å². The second-order valence-electron chi connectivity index (χ2n) is 4.83. The molecule has 0 fully saturated rings. The number of pyridine rings is 1. The predicted molar refractivity (Wildman–Crippen MR) is 77.0 cm³/mol. The van der Waals surface area contributed by atoms with Crippen molar-refractivity contribution in [3.8, 4) is 11.3 Å². The summed E-state index contributed by atoms with van der Waals surface area (Å²) in [7, 11) is 0. The first-order valence-electron chi connectivity index (χ1n) is 6.32. The molecule has 0 aliphatic carbocycles. The Labute approximate surface area is 112 Å². The largest absolute Gasteiger partial charge is 0.256 e. The minimum absolute atomic E-state index is 0.943. The van der Waals surface area contributed by atoms with E-state index in [1.165, 1.54) is 11.1 Å². The third-order valence-electron chi connectivity index (χ3n) is 3.58. The summed E-state index contributed by atoms with van der Waals surface area (Å²) in [5, 5.41) is 9.52. The number of aromatic nitrogens is 3. The zero-order valence-corrected chi connectivity index (χ0v) is 11.3. The summed E-state index contributed by atoms with van der Waals surface area (Å²) in [6.45, 7) is 6.22. The second kappa shape index (κ2) is 4.43. The lowest BCUT2D eigenvalue weighted by Crippen LogP contribution is -1.96. The molecule has 0 N–H and O–H groups in total. The quantitative estimate of drug-likeness (QED) is 0.661. The number of aryl methyl sites for hydroxylation is 2. The molecule has 2 aromatic heterocycles. The molecule has 3 aromatic rings. The van der Waals surface area contributed by atoms with Crippen molar-refractivity contribution in [2.75, 3.05) is 0 Å². The zero-order chi connectivity index (χ0) is 13.4. The van der Waals surface area contributed by atoms with Crippen molar-refractivity contribution >= 4 is 10.9 Å². The van der Waals surface area contributed by atoms with Crippen LogP contribution in [0, 0.1) is 20.8 Å². The maximum absolute atomic E-state index is 4.47. The van der Waals surface area contributed by atoms with Gasteiger partial charge in [0, 0.05) is 17.1 Å². The number of nitrogens with zero attached hydrogens (tertiary/aromatic N) is 3. The van der Waals surface area contributed by atoms with Gasteiger partial charge in [0.25, 0.3) is 0 Å². The first-order valence-corrected chi connectivity index (χ1v) is 6.32. The molecule has 0 unspecified atom stereocenters. The van der Waals surface area contributed by atoms with Gasteiger partial charge < -0.3 is 0 Å². The molecular formula is C16H15N3. The van der Waals surface area contributed by atoms with Crippen molar-refractivity contribution in [3.63, 3.8) is 0 Å². The summed E-state index contributed by atoms with van der Waals surface area (Å²) in [6.07, 6.45) is 3.63. The molecule has 0 amide bonds. The van der Waals surface area contributed by atoms with E-state index in [1.54, 1.807) is 6.20 Å². The van der Waals surface area contributed by atoms with Crippen molar-refractivity contribution in [2.45, 2.75) is 20.8 Å². The molecule has 0 radical (unpaired) electrons. The van der Waals surface area contributed by atoms with Gasteiger partial charge in [-0.3, -0.25) is 4.98 Å². The molecule has 19 heavy (non-hydrogen) atoms. The van der Waals surface area contributed by atoms with Crippen LogP contribution in [-0.4, -0.2) is 15.2 Å². The third-order valence-corrected chi connectivity index (χ3v) is 3.58. The van der Waals surface area contributed by atoms with Crippen LogP contribution in [0.3, 0.4) is 0 Å². The van der Waals surface area contributed by atoms with Gasteiger partial charge in [-0.2, -0.15) is 10.2 Å². The number of fused-ring (bicyclic) bond motifs is 1. The number of benzene rings is 1. The maximum Gasteiger partial charge on any atom is 0.0968 e. The molecule has 0 aliphatic rings. The van der Waals surface area contributed by atoms with E-state index in [9.17, 15) is 0 Å². The van der Waals surface area contributed by atoms with Crippen LogP contribution >= 0.6 is 0 Å². The van der Waals surface area contributed by atoms with Crippen LogP contribution in [0.1, 0.15) is 16.7 Å². The van der Waals surface area contributed by atoms with E-state index in [-0.39, 0.29) is 0 Å². The minimum atomic E-state index is 0.943. The minimum Gasteiger partial charge on any atom is -0.256 e. The standard InChI is InChI=1S/C16H15N3/c1-10-6-7-14(13-5-4-8-17-15(10)13)16-12(3)11(2)9-18-19-16/h4-9H,1-3H3. The molecule has 0 bridgehead atoms. The second-order valence-corrected chi connectivity index (χ2v) is 4.83. The number of hydrogen-bond donors (Lipinski definition) is 0. The fourth-order valence-corrected chi connectivity index (χ4v) is 2.31. The summed E-state index contributed by atoms with van der Waals surface area (Å²) in [4.78, 5) is 4.47. The molecule has 0 atom stereocenters. The van der Waals surface area contributed by atoms with Gasteiger partial charge in [0.1, 0.15) is 0 Å². The topological polar surface area (TPSA) is 38.7 Å². The van der Waals surface area contributed by atoms with E-state index >= 15 is 0 Å². The van der Waals surface area contributed by atoms with E-state index in [4.69, 9.17) is 0 Å². The SMILES string of the molecule is Cc1cnnc(-c2ccc(C)c3ncccc23)c1C. The van der Waals surface area contributed by atoms with E-state index < -0.39 is 0 Å². The first-order chi connectivity index (χ1) is 9.18. The third kappa shape index (κ3) is 1.87.